The predicted molar refractivity (Wildman–Crippen MR) is 72.0 cm³/mol. The zero-order valence-corrected chi connectivity index (χ0v) is 9.98. The zero-order chi connectivity index (χ0) is 12.1. The number of nitrogens with one attached hydrogen (secondary N) is 1. The van der Waals surface area contributed by atoms with E-state index in [2.05, 4.69) is 22.4 Å². The maximum Gasteiger partial charge on any atom is 0.0574 e. The molecule has 1 aromatic carbocycles. The molecular weight excluding hydrogens is 210 g/mol. The second kappa shape index (κ2) is 5.34. The molecule has 2 rings (SSSR count). The van der Waals surface area contributed by atoms with E-state index in [1.807, 2.05) is 31.3 Å². The molecule has 0 amide bonds. The van der Waals surface area contributed by atoms with Crippen LogP contribution in [0.3, 0.4) is 0 Å². The van der Waals surface area contributed by atoms with Gasteiger partial charge in [0.05, 0.1) is 11.4 Å². The highest BCUT2D eigenvalue weighted by molar-refractivity contribution is 5.66. The number of nitrogens with two attached hydrogens (primary N) is 1. The summed E-state index contributed by atoms with van der Waals surface area (Å²) < 4.78 is 0. The van der Waals surface area contributed by atoms with Gasteiger partial charge in [0, 0.05) is 18.9 Å². The largest absolute Gasteiger partial charge is 0.397 e. The third-order valence-electron chi connectivity index (χ3n) is 2.66. The standard InChI is InChI=1S/C14H17N3/c1-11-4-5-14(13(15)9-11)17-8-6-12-3-2-7-16-10-12/h2-5,7,9-10,17H,6,8,15H2,1H3. The van der Waals surface area contributed by atoms with Crippen LogP contribution in [0.1, 0.15) is 11.1 Å². The molecule has 0 aliphatic heterocycles. The minimum absolute atomic E-state index is 0.802. The summed E-state index contributed by atoms with van der Waals surface area (Å²) in [6.07, 6.45) is 4.62. The molecule has 0 atom stereocenters. The maximum absolute atomic E-state index is 5.93. The minimum atomic E-state index is 0.802. The summed E-state index contributed by atoms with van der Waals surface area (Å²) in [7, 11) is 0. The van der Waals surface area contributed by atoms with E-state index in [1.165, 1.54) is 11.1 Å². The molecule has 1 aromatic heterocycles. The first-order valence-corrected chi connectivity index (χ1v) is 5.74. The van der Waals surface area contributed by atoms with Gasteiger partial charge in [-0.05, 0) is 42.7 Å². The number of hydrogen-bond donors (Lipinski definition) is 2. The number of rotatable bonds is 4. The van der Waals surface area contributed by atoms with Gasteiger partial charge in [0.15, 0.2) is 0 Å². The summed E-state index contributed by atoms with van der Waals surface area (Å²) in [6, 6.07) is 10.1. The number of hydrogen-bond acceptors (Lipinski definition) is 3. The average Bonchev–Trinajstić information content (AvgIpc) is 2.33. The van der Waals surface area contributed by atoms with Crippen LogP contribution < -0.4 is 11.1 Å². The Morgan fingerprint density at radius 2 is 2.18 bits per heavy atom. The van der Waals surface area contributed by atoms with Crippen molar-refractivity contribution in [2.75, 3.05) is 17.6 Å². The number of anilines is 2. The van der Waals surface area contributed by atoms with Gasteiger partial charge in [0.2, 0.25) is 0 Å². The van der Waals surface area contributed by atoms with Crippen molar-refractivity contribution in [1.29, 1.82) is 0 Å². The molecule has 3 N–H and O–H groups in total. The van der Waals surface area contributed by atoms with Gasteiger partial charge in [0.25, 0.3) is 0 Å². The van der Waals surface area contributed by atoms with Crippen molar-refractivity contribution in [3.63, 3.8) is 0 Å². The lowest BCUT2D eigenvalue weighted by atomic mass is 10.2. The van der Waals surface area contributed by atoms with E-state index in [0.29, 0.717) is 0 Å². The Hall–Kier alpha value is -2.03. The summed E-state index contributed by atoms with van der Waals surface area (Å²) in [6.45, 7) is 2.90. The number of nitrogens with zero attached hydrogens (tertiary/aromatic N) is 1. The van der Waals surface area contributed by atoms with Gasteiger partial charge in [-0.15, -0.1) is 0 Å². The van der Waals surface area contributed by atoms with E-state index in [0.717, 1.165) is 24.3 Å². The van der Waals surface area contributed by atoms with E-state index < -0.39 is 0 Å². The lowest BCUT2D eigenvalue weighted by Crippen LogP contribution is -2.07. The highest BCUT2D eigenvalue weighted by atomic mass is 14.9. The third kappa shape index (κ3) is 3.21. The monoisotopic (exact) mass is 227 g/mol. The Kier molecular flexibility index (Phi) is 3.60. The van der Waals surface area contributed by atoms with E-state index in [9.17, 15) is 0 Å². The molecule has 0 bridgehead atoms. The lowest BCUT2D eigenvalue weighted by molar-refractivity contribution is 1.01. The van der Waals surface area contributed by atoms with E-state index >= 15 is 0 Å². The van der Waals surface area contributed by atoms with Crippen LogP contribution in [0.4, 0.5) is 11.4 Å². The molecule has 0 aliphatic carbocycles. The molecule has 3 heteroatoms. The Morgan fingerprint density at radius 1 is 1.29 bits per heavy atom. The Bertz CT molecular complexity index is 480. The first-order valence-electron chi connectivity index (χ1n) is 5.74. The molecule has 17 heavy (non-hydrogen) atoms. The maximum atomic E-state index is 5.93. The predicted octanol–water partition coefficient (Wildman–Crippen LogP) is 2.63. The topological polar surface area (TPSA) is 50.9 Å². The van der Waals surface area contributed by atoms with Crippen molar-refractivity contribution in [3.8, 4) is 0 Å². The highest BCUT2D eigenvalue weighted by Crippen LogP contribution is 2.19. The van der Waals surface area contributed by atoms with Crippen molar-refractivity contribution in [2.45, 2.75) is 13.3 Å². The van der Waals surface area contributed by atoms with Crippen molar-refractivity contribution in [1.82, 2.24) is 4.98 Å². The molecule has 88 valence electrons. The fourth-order valence-corrected chi connectivity index (χ4v) is 1.73. The molecule has 0 fully saturated rings. The van der Waals surface area contributed by atoms with Gasteiger partial charge in [-0.3, -0.25) is 4.98 Å². The summed E-state index contributed by atoms with van der Waals surface area (Å²) >= 11 is 0. The fourth-order valence-electron chi connectivity index (χ4n) is 1.73. The first kappa shape index (κ1) is 11.5. The second-order valence-electron chi connectivity index (χ2n) is 4.13. The van der Waals surface area contributed by atoms with Gasteiger partial charge in [-0.25, -0.2) is 0 Å². The van der Waals surface area contributed by atoms with Gasteiger partial charge >= 0.3 is 0 Å². The number of pyridine rings is 1. The van der Waals surface area contributed by atoms with Crippen LogP contribution in [0.2, 0.25) is 0 Å². The Labute approximate surface area is 102 Å². The van der Waals surface area contributed by atoms with Crippen molar-refractivity contribution in [3.05, 3.63) is 53.9 Å². The van der Waals surface area contributed by atoms with E-state index in [4.69, 9.17) is 5.73 Å². The molecule has 3 nitrogen and oxygen atoms in total. The summed E-state index contributed by atoms with van der Waals surface area (Å²) in [5, 5.41) is 3.34. The van der Waals surface area contributed by atoms with Crippen LogP contribution in [0.5, 0.6) is 0 Å². The van der Waals surface area contributed by atoms with Crippen LogP contribution >= 0.6 is 0 Å². The van der Waals surface area contributed by atoms with Crippen LogP contribution in [0.25, 0.3) is 0 Å². The minimum Gasteiger partial charge on any atom is -0.397 e. The quantitative estimate of drug-likeness (QED) is 0.789. The summed E-state index contributed by atoms with van der Waals surface area (Å²) in [4.78, 5) is 4.09. The fraction of sp³-hybridized carbons (Fsp3) is 0.214. The van der Waals surface area contributed by atoms with Crippen LogP contribution in [-0.4, -0.2) is 11.5 Å². The second-order valence-corrected chi connectivity index (χ2v) is 4.13. The van der Waals surface area contributed by atoms with Crippen molar-refractivity contribution < 1.29 is 0 Å². The van der Waals surface area contributed by atoms with Gasteiger partial charge in [-0.2, -0.15) is 0 Å². The molecule has 0 saturated carbocycles. The molecule has 0 saturated heterocycles. The lowest BCUT2D eigenvalue weighted by Gasteiger charge is -2.09. The SMILES string of the molecule is Cc1ccc(NCCc2cccnc2)c(N)c1. The van der Waals surface area contributed by atoms with Crippen molar-refractivity contribution in [2.24, 2.45) is 0 Å². The molecule has 0 unspecified atom stereocenters. The van der Waals surface area contributed by atoms with Crippen LogP contribution in [-0.2, 0) is 6.42 Å². The van der Waals surface area contributed by atoms with E-state index in [1.54, 1.807) is 6.20 Å². The molecule has 0 spiro atoms. The van der Waals surface area contributed by atoms with Gasteiger partial charge < -0.3 is 11.1 Å². The zero-order valence-electron chi connectivity index (χ0n) is 9.98. The molecule has 1 heterocycles. The van der Waals surface area contributed by atoms with Crippen LogP contribution in [0, 0.1) is 6.92 Å². The normalized spacial score (nSPS) is 10.2. The molecule has 0 aliphatic rings. The average molecular weight is 227 g/mol. The Balaban J connectivity index is 1.90. The van der Waals surface area contributed by atoms with Crippen LogP contribution in [0.15, 0.2) is 42.7 Å². The number of nitrogen functional groups attached to an aromatic ring is 1. The number of benzene rings is 1. The summed E-state index contributed by atoms with van der Waals surface area (Å²) in [5.41, 5.74) is 10.1. The molecular formula is C14H17N3. The van der Waals surface area contributed by atoms with Gasteiger partial charge in [0.1, 0.15) is 0 Å². The number of aromatic nitrogens is 1. The summed E-state index contributed by atoms with van der Waals surface area (Å²) in [5.74, 6) is 0. The highest BCUT2D eigenvalue weighted by Gasteiger charge is 1.98. The third-order valence-corrected chi connectivity index (χ3v) is 2.66. The molecule has 0 radical (unpaired) electrons. The van der Waals surface area contributed by atoms with E-state index in [-0.39, 0.29) is 0 Å². The van der Waals surface area contributed by atoms with Gasteiger partial charge in [-0.1, -0.05) is 12.1 Å². The Morgan fingerprint density at radius 3 is 2.88 bits per heavy atom. The number of aryl methyl sites for hydroxylation is 1. The van der Waals surface area contributed by atoms with Crippen molar-refractivity contribution >= 4 is 11.4 Å². The molecule has 2 aromatic rings. The smallest absolute Gasteiger partial charge is 0.0574 e. The first-order chi connectivity index (χ1) is 8.25.